The van der Waals surface area contributed by atoms with E-state index in [4.69, 9.17) is 5.11 Å². The van der Waals surface area contributed by atoms with Crippen LogP contribution in [0.5, 0.6) is 0 Å². The smallest absolute Gasteiger partial charge is 0.353 e. The van der Waals surface area contributed by atoms with Crippen molar-refractivity contribution in [1.29, 1.82) is 0 Å². The second-order valence-electron chi connectivity index (χ2n) is 4.68. The fraction of sp³-hybridized carbons (Fsp3) is 0.231. The summed E-state index contributed by atoms with van der Waals surface area (Å²) in [4.78, 5) is 18.1. The number of H-pyrrole nitrogens is 1. The fourth-order valence-electron chi connectivity index (χ4n) is 2.08. The number of carboxylic acids is 1. The Morgan fingerprint density at radius 1 is 1.44 bits per heavy atom. The van der Waals surface area contributed by atoms with Gasteiger partial charge in [-0.15, -0.1) is 0 Å². The Hall–Kier alpha value is -2.30. The van der Waals surface area contributed by atoms with Crippen LogP contribution < -0.4 is 0 Å². The minimum Gasteiger partial charge on any atom is -0.477 e. The van der Waals surface area contributed by atoms with Crippen molar-refractivity contribution in [1.82, 2.24) is 14.4 Å². The lowest BCUT2D eigenvalue weighted by Crippen LogP contribution is -1.95. The summed E-state index contributed by atoms with van der Waals surface area (Å²) < 4.78 is 1.78. The minimum atomic E-state index is -0.978. The highest BCUT2D eigenvalue weighted by atomic mass is 16.4. The van der Waals surface area contributed by atoms with Crippen molar-refractivity contribution in [2.75, 3.05) is 0 Å². The standard InChI is InChI=1S/C13H13N3O2/c1-7(2)8-3-4-9-11(5-8)16-6-10(12(17)18)15-13(16)14-9/h3-7H,1-2H3,(H,14,15)(H,17,18). The third-order valence-corrected chi connectivity index (χ3v) is 3.12. The van der Waals surface area contributed by atoms with Crippen molar-refractivity contribution < 1.29 is 9.90 Å². The Morgan fingerprint density at radius 3 is 2.89 bits per heavy atom. The summed E-state index contributed by atoms with van der Waals surface area (Å²) in [6.45, 7) is 4.25. The molecular weight excluding hydrogens is 230 g/mol. The quantitative estimate of drug-likeness (QED) is 0.726. The molecule has 92 valence electrons. The van der Waals surface area contributed by atoms with E-state index < -0.39 is 5.97 Å². The number of carboxylic acid groups (broad SMARTS) is 1. The molecule has 2 aromatic heterocycles. The number of nitrogens with one attached hydrogen (secondary N) is 1. The average Bonchev–Trinajstić information content (AvgIpc) is 2.84. The normalized spacial score (nSPS) is 11.7. The van der Waals surface area contributed by atoms with E-state index in [0.29, 0.717) is 11.7 Å². The van der Waals surface area contributed by atoms with Gasteiger partial charge in [-0.3, -0.25) is 4.40 Å². The number of aromatic amines is 1. The van der Waals surface area contributed by atoms with E-state index in [1.807, 2.05) is 6.07 Å². The summed E-state index contributed by atoms with van der Waals surface area (Å²) >= 11 is 0. The van der Waals surface area contributed by atoms with E-state index in [1.54, 1.807) is 10.6 Å². The van der Waals surface area contributed by atoms with Crippen molar-refractivity contribution >= 4 is 22.8 Å². The van der Waals surface area contributed by atoms with E-state index in [1.165, 1.54) is 5.56 Å². The molecule has 0 unspecified atom stereocenters. The van der Waals surface area contributed by atoms with Gasteiger partial charge in [0.2, 0.25) is 5.78 Å². The highest BCUT2D eigenvalue weighted by Gasteiger charge is 2.12. The molecule has 0 amide bonds. The van der Waals surface area contributed by atoms with Crippen molar-refractivity contribution in [3.05, 3.63) is 35.7 Å². The molecule has 3 aromatic rings. The molecule has 5 nitrogen and oxygen atoms in total. The third-order valence-electron chi connectivity index (χ3n) is 3.12. The maximum Gasteiger partial charge on any atom is 0.353 e. The first kappa shape index (κ1) is 10.8. The minimum absolute atomic E-state index is 0.148. The number of rotatable bonds is 2. The fourth-order valence-corrected chi connectivity index (χ4v) is 2.08. The molecule has 0 saturated heterocycles. The van der Waals surface area contributed by atoms with Crippen LogP contribution in [0.15, 0.2) is 24.4 Å². The van der Waals surface area contributed by atoms with Crippen LogP contribution in [0.3, 0.4) is 0 Å². The molecule has 0 radical (unpaired) electrons. The lowest BCUT2D eigenvalue weighted by atomic mass is 10.0. The third kappa shape index (κ3) is 1.48. The van der Waals surface area contributed by atoms with Gasteiger partial charge in [0.25, 0.3) is 0 Å². The van der Waals surface area contributed by atoms with Crippen LogP contribution >= 0.6 is 0 Å². The van der Waals surface area contributed by atoms with E-state index >= 15 is 0 Å². The molecule has 0 saturated carbocycles. The van der Waals surface area contributed by atoms with Gasteiger partial charge in [0, 0.05) is 6.20 Å². The lowest BCUT2D eigenvalue weighted by Gasteiger charge is -2.04. The first-order valence-electron chi connectivity index (χ1n) is 5.80. The van der Waals surface area contributed by atoms with Crippen molar-refractivity contribution in [3.8, 4) is 0 Å². The number of carbonyl (C=O) groups is 1. The van der Waals surface area contributed by atoms with E-state index in [0.717, 1.165) is 11.0 Å². The second kappa shape index (κ2) is 3.60. The zero-order chi connectivity index (χ0) is 12.9. The number of aromatic nitrogens is 3. The van der Waals surface area contributed by atoms with Crippen molar-refractivity contribution in [2.24, 2.45) is 0 Å². The van der Waals surface area contributed by atoms with Crippen LogP contribution in [0.25, 0.3) is 16.8 Å². The predicted molar refractivity (Wildman–Crippen MR) is 68.1 cm³/mol. The van der Waals surface area contributed by atoms with Gasteiger partial charge in [-0.05, 0) is 23.6 Å². The van der Waals surface area contributed by atoms with Gasteiger partial charge in [0.15, 0.2) is 0 Å². The molecule has 2 heterocycles. The van der Waals surface area contributed by atoms with Gasteiger partial charge < -0.3 is 10.1 Å². The molecule has 0 spiro atoms. The Labute approximate surface area is 103 Å². The average molecular weight is 243 g/mol. The zero-order valence-corrected chi connectivity index (χ0v) is 10.1. The van der Waals surface area contributed by atoms with Crippen molar-refractivity contribution in [3.63, 3.8) is 0 Å². The summed E-state index contributed by atoms with van der Waals surface area (Å²) in [7, 11) is 0. The van der Waals surface area contributed by atoms with Crippen LogP contribution in [0.4, 0.5) is 0 Å². The lowest BCUT2D eigenvalue weighted by molar-refractivity contribution is 0.0691. The predicted octanol–water partition coefficient (Wildman–Crippen LogP) is 2.64. The molecule has 0 atom stereocenters. The molecule has 0 aliphatic carbocycles. The molecular formula is C13H13N3O2. The molecule has 3 rings (SSSR count). The highest BCUT2D eigenvalue weighted by Crippen LogP contribution is 2.22. The van der Waals surface area contributed by atoms with Crippen molar-refractivity contribution in [2.45, 2.75) is 19.8 Å². The molecule has 0 aliphatic heterocycles. The second-order valence-corrected chi connectivity index (χ2v) is 4.68. The van der Waals surface area contributed by atoms with Gasteiger partial charge in [-0.1, -0.05) is 19.9 Å². The highest BCUT2D eigenvalue weighted by molar-refractivity contribution is 5.88. The van der Waals surface area contributed by atoms with Crippen LogP contribution in [-0.2, 0) is 0 Å². The Morgan fingerprint density at radius 2 is 2.22 bits per heavy atom. The molecule has 0 aliphatic rings. The van der Waals surface area contributed by atoms with Crippen LogP contribution in [-0.4, -0.2) is 25.4 Å². The number of hydrogen-bond acceptors (Lipinski definition) is 2. The number of imidazole rings is 2. The van der Waals surface area contributed by atoms with Crippen LogP contribution in [0.1, 0.15) is 35.8 Å². The number of aromatic carboxylic acids is 1. The Bertz CT molecular complexity index is 752. The van der Waals surface area contributed by atoms with Gasteiger partial charge in [-0.2, -0.15) is 0 Å². The molecule has 18 heavy (non-hydrogen) atoms. The maximum atomic E-state index is 10.9. The van der Waals surface area contributed by atoms with Gasteiger partial charge >= 0.3 is 5.97 Å². The molecule has 1 aromatic carbocycles. The van der Waals surface area contributed by atoms with E-state index in [2.05, 4.69) is 35.9 Å². The number of benzene rings is 1. The summed E-state index contributed by atoms with van der Waals surface area (Å²) in [6, 6.07) is 6.07. The summed E-state index contributed by atoms with van der Waals surface area (Å²) in [5, 5.41) is 8.95. The van der Waals surface area contributed by atoms with Crippen LogP contribution in [0.2, 0.25) is 0 Å². The van der Waals surface area contributed by atoms with Gasteiger partial charge in [0.05, 0.1) is 11.0 Å². The first-order valence-corrected chi connectivity index (χ1v) is 5.80. The maximum absolute atomic E-state index is 10.9. The zero-order valence-electron chi connectivity index (χ0n) is 10.1. The topological polar surface area (TPSA) is 70.4 Å². The SMILES string of the molecule is CC(C)c1ccc2nc3[nH]c(C(=O)O)cn3c2c1. The molecule has 2 N–H and O–H groups in total. The molecule has 5 heteroatoms. The number of nitrogens with zero attached hydrogens (tertiary/aromatic N) is 2. The number of hydrogen-bond donors (Lipinski definition) is 2. The van der Waals surface area contributed by atoms with Gasteiger partial charge in [-0.25, -0.2) is 9.78 Å². The Kier molecular flexibility index (Phi) is 2.16. The molecule has 0 bridgehead atoms. The van der Waals surface area contributed by atoms with Crippen LogP contribution in [0, 0.1) is 0 Å². The monoisotopic (exact) mass is 243 g/mol. The Balaban J connectivity index is 2.30. The summed E-state index contributed by atoms with van der Waals surface area (Å²) in [5.74, 6) is 0.00908. The first-order chi connectivity index (χ1) is 8.56. The largest absolute Gasteiger partial charge is 0.477 e. The van der Waals surface area contributed by atoms with E-state index in [-0.39, 0.29) is 5.69 Å². The summed E-state index contributed by atoms with van der Waals surface area (Å²) in [6.07, 6.45) is 1.57. The van der Waals surface area contributed by atoms with E-state index in [9.17, 15) is 4.79 Å². The van der Waals surface area contributed by atoms with Gasteiger partial charge in [0.1, 0.15) is 5.69 Å². The summed E-state index contributed by atoms with van der Waals surface area (Å²) in [5.41, 5.74) is 3.15. The number of fused-ring (bicyclic) bond motifs is 3. The molecule has 0 fully saturated rings.